The summed E-state index contributed by atoms with van der Waals surface area (Å²) in [6.45, 7) is 3.75. The minimum absolute atomic E-state index is 0.142. The van der Waals surface area contributed by atoms with Gasteiger partial charge in [0, 0.05) is 29.3 Å². The van der Waals surface area contributed by atoms with Gasteiger partial charge in [-0.15, -0.1) is 0 Å². The largest absolute Gasteiger partial charge is 0.496 e. The van der Waals surface area contributed by atoms with Gasteiger partial charge in [0.15, 0.2) is 0 Å². The standard InChI is InChI=1S/C20H20FNO3/c1-12-8-16(21)5-6-17(12)22-20(23)7-4-14-10-19-15(9-13(2)25-19)11-18(14)24-3/h4-8,10-11,13H,9H2,1-3H3,(H,22,23)/b7-4+/t13-/m0/s1. The maximum absolute atomic E-state index is 13.1. The van der Waals surface area contributed by atoms with Gasteiger partial charge in [0.1, 0.15) is 23.4 Å². The first-order valence-electron chi connectivity index (χ1n) is 8.09. The van der Waals surface area contributed by atoms with E-state index in [9.17, 15) is 9.18 Å². The molecule has 0 saturated heterocycles. The van der Waals surface area contributed by atoms with Crippen molar-refractivity contribution in [3.8, 4) is 11.5 Å². The van der Waals surface area contributed by atoms with Crippen LogP contribution < -0.4 is 14.8 Å². The van der Waals surface area contributed by atoms with Crippen LogP contribution in [-0.2, 0) is 11.2 Å². The topological polar surface area (TPSA) is 47.6 Å². The van der Waals surface area contributed by atoms with Crippen molar-refractivity contribution >= 4 is 17.7 Å². The lowest BCUT2D eigenvalue weighted by Gasteiger charge is -2.09. The van der Waals surface area contributed by atoms with E-state index >= 15 is 0 Å². The number of anilines is 1. The quantitative estimate of drug-likeness (QED) is 0.851. The molecular weight excluding hydrogens is 321 g/mol. The summed E-state index contributed by atoms with van der Waals surface area (Å²) in [6.07, 6.45) is 4.09. The highest BCUT2D eigenvalue weighted by Crippen LogP contribution is 2.35. The highest BCUT2D eigenvalue weighted by molar-refractivity contribution is 6.02. The Balaban J connectivity index is 1.77. The molecule has 0 spiro atoms. The van der Waals surface area contributed by atoms with Gasteiger partial charge in [0.2, 0.25) is 5.91 Å². The van der Waals surface area contributed by atoms with Crippen LogP contribution in [0.4, 0.5) is 10.1 Å². The molecule has 0 unspecified atom stereocenters. The van der Waals surface area contributed by atoms with Crippen molar-refractivity contribution in [2.75, 3.05) is 12.4 Å². The molecule has 0 radical (unpaired) electrons. The molecule has 25 heavy (non-hydrogen) atoms. The molecule has 1 aliphatic rings. The van der Waals surface area contributed by atoms with Crippen molar-refractivity contribution in [2.45, 2.75) is 26.4 Å². The van der Waals surface area contributed by atoms with Crippen molar-refractivity contribution in [1.29, 1.82) is 0 Å². The molecule has 2 aromatic carbocycles. The molecule has 1 atom stereocenters. The fraction of sp³-hybridized carbons (Fsp3) is 0.250. The second kappa shape index (κ2) is 6.97. The zero-order chi connectivity index (χ0) is 18.0. The van der Waals surface area contributed by atoms with E-state index in [-0.39, 0.29) is 17.8 Å². The lowest BCUT2D eigenvalue weighted by atomic mass is 10.1. The Morgan fingerprint density at radius 2 is 2.16 bits per heavy atom. The Hall–Kier alpha value is -2.82. The summed E-state index contributed by atoms with van der Waals surface area (Å²) in [4.78, 5) is 12.1. The highest BCUT2D eigenvalue weighted by Gasteiger charge is 2.21. The average Bonchev–Trinajstić information content (AvgIpc) is 2.93. The van der Waals surface area contributed by atoms with E-state index in [4.69, 9.17) is 9.47 Å². The van der Waals surface area contributed by atoms with E-state index in [2.05, 4.69) is 5.32 Å². The van der Waals surface area contributed by atoms with Crippen molar-refractivity contribution < 1.29 is 18.7 Å². The van der Waals surface area contributed by atoms with Gasteiger partial charge in [-0.1, -0.05) is 0 Å². The molecule has 1 N–H and O–H groups in total. The third-order valence-corrected chi connectivity index (χ3v) is 4.11. The number of fused-ring (bicyclic) bond motifs is 1. The van der Waals surface area contributed by atoms with Crippen LogP contribution in [0.15, 0.2) is 36.4 Å². The summed E-state index contributed by atoms with van der Waals surface area (Å²) < 4.78 is 24.3. The van der Waals surface area contributed by atoms with Crippen molar-refractivity contribution in [3.05, 3.63) is 58.9 Å². The van der Waals surface area contributed by atoms with Gasteiger partial charge in [-0.3, -0.25) is 4.79 Å². The number of nitrogens with one attached hydrogen (secondary N) is 1. The predicted molar refractivity (Wildman–Crippen MR) is 95.6 cm³/mol. The van der Waals surface area contributed by atoms with Crippen molar-refractivity contribution in [1.82, 2.24) is 0 Å². The fourth-order valence-electron chi connectivity index (χ4n) is 2.87. The number of halogens is 1. The number of aryl methyl sites for hydroxylation is 1. The molecular formula is C20H20FNO3. The van der Waals surface area contributed by atoms with Crippen LogP contribution >= 0.6 is 0 Å². The lowest BCUT2D eigenvalue weighted by Crippen LogP contribution is -2.09. The molecule has 1 aliphatic heterocycles. The van der Waals surface area contributed by atoms with E-state index < -0.39 is 0 Å². The Bertz CT molecular complexity index is 845. The predicted octanol–water partition coefficient (Wildman–Crippen LogP) is 4.12. The summed E-state index contributed by atoms with van der Waals surface area (Å²) >= 11 is 0. The second-order valence-electron chi connectivity index (χ2n) is 6.12. The third kappa shape index (κ3) is 3.82. The summed E-state index contributed by atoms with van der Waals surface area (Å²) in [5.41, 5.74) is 3.11. The Morgan fingerprint density at radius 3 is 2.88 bits per heavy atom. The van der Waals surface area contributed by atoms with Gasteiger partial charge in [-0.25, -0.2) is 4.39 Å². The van der Waals surface area contributed by atoms with Crippen molar-refractivity contribution in [3.63, 3.8) is 0 Å². The zero-order valence-corrected chi connectivity index (χ0v) is 14.4. The van der Waals surface area contributed by atoms with E-state index in [1.807, 2.05) is 19.1 Å². The number of methoxy groups -OCH3 is 1. The van der Waals surface area contributed by atoms with Gasteiger partial charge < -0.3 is 14.8 Å². The maximum atomic E-state index is 13.1. The van der Waals surface area contributed by atoms with Crippen LogP contribution in [0.3, 0.4) is 0 Å². The van der Waals surface area contributed by atoms with Crippen LogP contribution in [0.1, 0.15) is 23.6 Å². The Kier molecular flexibility index (Phi) is 4.74. The maximum Gasteiger partial charge on any atom is 0.248 e. The summed E-state index contributed by atoms with van der Waals surface area (Å²) in [5.74, 6) is 0.885. The molecule has 0 aromatic heterocycles. The zero-order valence-electron chi connectivity index (χ0n) is 14.4. The van der Waals surface area contributed by atoms with E-state index in [1.165, 1.54) is 18.2 Å². The van der Waals surface area contributed by atoms with Crippen molar-refractivity contribution in [2.24, 2.45) is 0 Å². The first-order chi connectivity index (χ1) is 12.0. The first-order valence-corrected chi connectivity index (χ1v) is 8.09. The van der Waals surface area contributed by atoms with Gasteiger partial charge in [0.05, 0.1) is 7.11 Å². The van der Waals surface area contributed by atoms with Crippen LogP contribution in [0.2, 0.25) is 0 Å². The normalized spacial score (nSPS) is 15.8. The minimum atomic E-state index is -0.330. The van der Waals surface area contributed by atoms with Gasteiger partial charge in [0.25, 0.3) is 0 Å². The summed E-state index contributed by atoms with van der Waals surface area (Å²) in [6, 6.07) is 8.06. The second-order valence-corrected chi connectivity index (χ2v) is 6.12. The van der Waals surface area contributed by atoms with Crippen LogP contribution in [0, 0.1) is 12.7 Å². The van der Waals surface area contributed by atoms with Gasteiger partial charge in [-0.05, 0) is 55.8 Å². The molecule has 1 heterocycles. The molecule has 5 heteroatoms. The SMILES string of the molecule is COc1cc2c(cc1/C=C/C(=O)Nc1ccc(F)cc1C)O[C@@H](C)C2. The van der Waals surface area contributed by atoms with Crippen LogP contribution in [0.5, 0.6) is 11.5 Å². The molecule has 0 bridgehead atoms. The molecule has 130 valence electrons. The first kappa shape index (κ1) is 17.0. The molecule has 4 nitrogen and oxygen atoms in total. The van der Waals surface area contributed by atoms with E-state index in [1.54, 1.807) is 26.2 Å². The highest BCUT2D eigenvalue weighted by atomic mass is 19.1. The fourth-order valence-corrected chi connectivity index (χ4v) is 2.87. The lowest BCUT2D eigenvalue weighted by molar-refractivity contribution is -0.111. The Morgan fingerprint density at radius 1 is 1.36 bits per heavy atom. The Labute approximate surface area is 146 Å². The molecule has 0 fully saturated rings. The number of benzene rings is 2. The third-order valence-electron chi connectivity index (χ3n) is 4.11. The summed E-state index contributed by atoms with van der Waals surface area (Å²) in [7, 11) is 1.60. The molecule has 0 saturated carbocycles. The molecule has 2 aromatic rings. The summed E-state index contributed by atoms with van der Waals surface area (Å²) in [5, 5.41) is 2.74. The number of hydrogen-bond donors (Lipinski definition) is 1. The van der Waals surface area contributed by atoms with Gasteiger partial charge in [-0.2, -0.15) is 0 Å². The van der Waals surface area contributed by atoms with E-state index in [0.29, 0.717) is 17.0 Å². The number of hydrogen-bond acceptors (Lipinski definition) is 3. The smallest absolute Gasteiger partial charge is 0.248 e. The van der Waals surface area contributed by atoms with E-state index in [0.717, 1.165) is 23.3 Å². The minimum Gasteiger partial charge on any atom is -0.496 e. The number of amides is 1. The number of ether oxygens (including phenoxy) is 2. The molecule has 0 aliphatic carbocycles. The van der Waals surface area contributed by atoms with Crippen LogP contribution in [-0.4, -0.2) is 19.1 Å². The van der Waals surface area contributed by atoms with Crippen LogP contribution in [0.25, 0.3) is 6.08 Å². The molecule has 1 amide bonds. The average molecular weight is 341 g/mol. The monoisotopic (exact) mass is 341 g/mol. The van der Waals surface area contributed by atoms with Gasteiger partial charge >= 0.3 is 0 Å². The molecule has 3 rings (SSSR count). The number of rotatable bonds is 4. The number of carbonyl (C=O) groups is 1. The number of carbonyl (C=O) groups excluding carboxylic acids is 1.